The molecule has 1 N–H and O–H groups in total. The summed E-state index contributed by atoms with van der Waals surface area (Å²) in [4.78, 5) is 14.5. The van der Waals surface area contributed by atoms with Gasteiger partial charge in [0.15, 0.2) is 5.78 Å². The standard InChI is InChI=1S/C12H14N2O/c1-10(15)8-13-9-14-11(2)12-6-4-3-5-7-12/h3-7,9H,2,8H2,1H3,(H,13,14). The molecule has 0 aromatic heterocycles. The number of hydrogen-bond donors (Lipinski definition) is 1. The van der Waals surface area contributed by atoms with E-state index >= 15 is 0 Å². The lowest BCUT2D eigenvalue weighted by Crippen LogP contribution is -2.09. The SMILES string of the molecule is C=C(NC=NCC(C)=O)c1ccccc1. The van der Waals surface area contributed by atoms with Crippen LogP contribution in [-0.2, 0) is 4.79 Å². The summed E-state index contributed by atoms with van der Waals surface area (Å²) in [7, 11) is 0. The number of carbonyl (C=O) groups is 1. The Balaban J connectivity index is 2.44. The monoisotopic (exact) mass is 202 g/mol. The normalized spacial score (nSPS) is 10.2. The number of Topliss-reactive ketones (excluding diaryl/α,β-unsaturated/α-hetero) is 1. The van der Waals surface area contributed by atoms with Crippen LogP contribution < -0.4 is 5.32 Å². The molecule has 1 aromatic rings. The first kappa shape index (κ1) is 11.2. The van der Waals surface area contributed by atoms with Crippen LogP contribution in [0.15, 0.2) is 41.9 Å². The van der Waals surface area contributed by atoms with E-state index in [-0.39, 0.29) is 12.3 Å². The van der Waals surface area contributed by atoms with Crippen LogP contribution in [0.4, 0.5) is 0 Å². The molecule has 0 saturated carbocycles. The molecule has 0 atom stereocenters. The van der Waals surface area contributed by atoms with Crippen molar-refractivity contribution in [2.45, 2.75) is 6.92 Å². The van der Waals surface area contributed by atoms with E-state index in [9.17, 15) is 4.79 Å². The van der Waals surface area contributed by atoms with E-state index in [2.05, 4.69) is 16.9 Å². The van der Waals surface area contributed by atoms with Gasteiger partial charge >= 0.3 is 0 Å². The van der Waals surface area contributed by atoms with Crippen LogP contribution in [0.25, 0.3) is 5.70 Å². The fourth-order valence-electron chi connectivity index (χ4n) is 1.02. The predicted octanol–water partition coefficient (Wildman–Crippen LogP) is 1.86. The van der Waals surface area contributed by atoms with E-state index in [0.29, 0.717) is 0 Å². The van der Waals surface area contributed by atoms with Crippen molar-refractivity contribution in [2.24, 2.45) is 4.99 Å². The Bertz CT molecular complexity index is 368. The first-order valence-corrected chi connectivity index (χ1v) is 4.69. The number of carbonyl (C=O) groups excluding carboxylic acids is 1. The van der Waals surface area contributed by atoms with Gasteiger partial charge in [-0.3, -0.25) is 9.79 Å². The summed E-state index contributed by atoms with van der Waals surface area (Å²) in [6, 6.07) is 9.73. The Hall–Kier alpha value is -1.90. The molecule has 0 fully saturated rings. The van der Waals surface area contributed by atoms with Gasteiger partial charge in [0.05, 0.1) is 12.9 Å². The van der Waals surface area contributed by atoms with Gasteiger partial charge in [0, 0.05) is 5.70 Å². The number of nitrogens with zero attached hydrogens (tertiary/aromatic N) is 1. The van der Waals surface area contributed by atoms with Crippen molar-refractivity contribution in [1.29, 1.82) is 0 Å². The molecule has 15 heavy (non-hydrogen) atoms. The number of aliphatic imine (C=N–C) groups is 1. The van der Waals surface area contributed by atoms with Gasteiger partial charge in [-0.15, -0.1) is 0 Å². The fourth-order valence-corrected chi connectivity index (χ4v) is 1.02. The third kappa shape index (κ3) is 4.22. The molecule has 0 amide bonds. The first-order valence-electron chi connectivity index (χ1n) is 4.69. The van der Waals surface area contributed by atoms with E-state index in [0.717, 1.165) is 11.3 Å². The molecule has 0 aliphatic rings. The van der Waals surface area contributed by atoms with Crippen LogP contribution in [0.5, 0.6) is 0 Å². The number of benzene rings is 1. The summed E-state index contributed by atoms with van der Waals surface area (Å²) in [6.07, 6.45) is 1.50. The van der Waals surface area contributed by atoms with E-state index < -0.39 is 0 Å². The Kier molecular flexibility index (Phi) is 4.29. The first-order chi connectivity index (χ1) is 7.20. The molecule has 0 radical (unpaired) electrons. The minimum absolute atomic E-state index is 0.0402. The summed E-state index contributed by atoms with van der Waals surface area (Å²) in [6.45, 7) is 5.56. The van der Waals surface area contributed by atoms with Crippen LogP contribution in [-0.4, -0.2) is 18.7 Å². The molecule has 0 bridgehead atoms. The Morgan fingerprint density at radius 2 is 2.13 bits per heavy atom. The maximum Gasteiger partial charge on any atom is 0.151 e. The minimum Gasteiger partial charge on any atom is -0.347 e. The second-order valence-corrected chi connectivity index (χ2v) is 3.16. The smallest absolute Gasteiger partial charge is 0.151 e. The Morgan fingerprint density at radius 3 is 2.73 bits per heavy atom. The van der Waals surface area contributed by atoms with Crippen molar-refractivity contribution in [1.82, 2.24) is 5.32 Å². The molecule has 1 rings (SSSR count). The Labute approximate surface area is 89.5 Å². The third-order valence-electron chi connectivity index (χ3n) is 1.77. The molecular formula is C12H14N2O. The maximum atomic E-state index is 10.6. The predicted molar refractivity (Wildman–Crippen MR) is 62.7 cm³/mol. The fraction of sp³-hybridized carbons (Fsp3) is 0.167. The maximum absolute atomic E-state index is 10.6. The van der Waals surface area contributed by atoms with Crippen molar-refractivity contribution in [3.8, 4) is 0 Å². The Morgan fingerprint density at radius 1 is 1.47 bits per heavy atom. The van der Waals surface area contributed by atoms with Gasteiger partial charge in [0.1, 0.15) is 0 Å². The number of nitrogens with one attached hydrogen (secondary N) is 1. The van der Waals surface area contributed by atoms with Gasteiger partial charge < -0.3 is 5.32 Å². The van der Waals surface area contributed by atoms with Gasteiger partial charge in [0.2, 0.25) is 0 Å². The highest BCUT2D eigenvalue weighted by molar-refractivity contribution is 5.80. The quantitative estimate of drug-likeness (QED) is 0.585. The molecule has 0 unspecified atom stereocenters. The molecule has 1 aromatic carbocycles. The molecule has 3 heteroatoms. The zero-order valence-corrected chi connectivity index (χ0v) is 8.73. The van der Waals surface area contributed by atoms with Gasteiger partial charge in [-0.2, -0.15) is 0 Å². The van der Waals surface area contributed by atoms with Crippen molar-refractivity contribution in [3.05, 3.63) is 42.5 Å². The van der Waals surface area contributed by atoms with E-state index in [1.54, 1.807) is 0 Å². The third-order valence-corrected chi connectivity index (χ3v) is 1.77. The highest BCUT2D eigenvalue weighted by Gasteiger charge is 1.93. The van der Waals surface area contributed by atoms with Crippen molar-refractivity contribution >= 4 is 17.8 Å². The summed E-state index contributed by atoms with van der Waals surface area (Å²) >= 11 is 0. The highest BCUT2D eigenvalue weighted by Crippen LogP contribution is 2.06. The van der Waals surface area contributed by atoms with Crippen LogP contribution in [0, 0.1) is 0 Å². The molecule has 78 valence electrons. The van der Waals surface area contributed by atoms with Crippen LogP contribution >= 0.6 is 0 Å². The lowest BCUT2D eigenvalue weighted by Gasteiger charge is -2.03. The van der Waals surface area contributed by atoms with Crippen LogP contribution in [0.1, 0.15) is 12.5 Å². The van der Waals surface area contributed by atoms with Crippen LogP contribution in [0.2, 0.25) is 0 Å². The minimum atomic E-state index is 0.0402. The van der Waals surface area contributed by atoms with E-state index in [1.165, 1.54) is 13.3 Å². The van der Waals surface area contributed by atoms with Gasteiger partial charge in [-0.1, -0.05) is 36.9 Å². The van der Waals surface area contributed by atoms with Gasteiger partial charge in [-0.25, -0.2) is 0 Å². The zero-order chi connectivity index (χ0) is 11.1. The highest BCUT2D eigenvalue weighted by atomic mass is 16.1. The molecule has 0 heterocycles. The van der Waals surface area contributed by atoms with Crippen LogP contribution in [0.3, 0.4) is 0 Å². The van der Waals surface area contributed by atoms with Gasteiger partial charge in [0.25, 0.3) is 0 Å². The van der Waals surface area contributed by atoms with E-state index in [1.807, 2.05) is 30.3 Å². The summed E-state index contributed by atoms with van der Waals surface area (Å²) in [5.41, 5.74) is 1.77. The van der Waals surface area contributed by atoms with Crippen molar-refractivity contribution in [2.75, 3.05) is 6.54 Å². The average Bonchev–Trinajstić information content (AvgIpc) is 2.25. The second-order valence-electron chi connectivity index (χ2n) is 3.16. The second kappa shape index (κ2) is 5.75. The molecule has 0 aliphatic heterocycles. The average molecular weight is 202 g/mol. The van der Waals surface area contributed by atoms with E-state index in [4.69, 9.17) is 0 Å². The molecule has 0 aliphatic carbocycles. The van der Waals surface area contributed by atoms with Gasteiger partial charge in [-0.05, 0) is 12.5 Å². The zero-order valence-electron chi connectivity index (χ0n) is 8.73. The lowest BCUT2D eigenvalue weighted by atomic mass is 10.2. The molecule has 0 spiro atoms. The summed E-state index contributed by atoms with van der Waals surface area (Å²) < 4.78 is 0. The lowest BCUT2D eigenvalue weighted by molar-refractivity contribution is -0.115. The molecule has 3 nitrogen and oxygen atoms in total. The number of rotatable bonds is 5. The van der Waals surface area contributed by atoms with Crippen molar-refractivity contribution in [3.63, 3.8) is 0 Å². The largest absolute Gasteiger partial charge is 0.347 e. The molecule has 0 saturated heterocycles. The number of hydrogen-bond acceptors (Lipinski definition) is 2. The number of ketones is 1. The van der Waals surface area contributed by atoms with Crippen molar-refractivity contribution < 1.29 is 4.79 Å². The topological polar surface area (TPSA) is 41.5 Å². The summed E-state index contributed by atoms with van der Waals surface area (Å²) in [5.74, 6) is 0.0402. The summed E-state index contributed by atoms with van der Waals surface area (Å²) in [5, 5.41) is 2.92. The molecular weight excluding hydrogens is 188 g/mol.